The normalized spacial score (nSPS) is 14.3. The molecule has 2 aromatic rings. The van der Waals surface area contributed by atoms with Crippen molar-refractivity contribution in [1.82, 2.24) is 0 Å². The van der Waals surface area contributed by atoms with E-state index in [0.29, 0.717) is 6.42 Å². The fraction of sp³-hybridized carbons (Fsp3) is 0.500. The fourth-order valence-electron chi connectivity index (χ4n) is 3.69. The molecule has 0 spiro atoms. The van der Waals surface area contributed by atoms with Crippen LogP contribution >= 0.6 is 11.3 Å². The summed E-state index contributed by atoms with van der Waals surface area (Å²) >= 11 is 1.93. The van der Waals surface area contributed by atoms with Crippen LogP contribution in [-0.4, -0.2) is 12.5 Å². The van der Waals surface area contributed by atoms with Gasteiger partial charge in [0.1, 0.15) is 0 Å². The van der Waals surface area contributed by atoms with Gasteiger partial charge in [0.05, 0.1) is 0 Å². The van der Waals surface area contributed by atoms with Crippen molar-refractivity contribution in [2.45, 2.75) is 60.9 Å². The zero-order chi connectivity index (χ0) is 19.1. The Hall–Kier alpha value is -1.81. The number of anilines is 2. The molecule has 1 aromatic carbocycles. The zero-order valence-corrected chi connectivity index (χ0v) is 17.6. The van der Waals surface area contributed by atoms with Gasteiger partial charge in [-0.25, -0.2) is 0 Å². The van der Waals surface area contributed by atoms with Gasteiger partial charge in [-0.3, -0.25) is 4.79 Å². The molecule has 1 aliphatic heterocycles. The number of carbonyl (C=O) groups is 1. The topological polar surface area (TPSA) is 32.3 Å². The average Bonchev–Trinajstić information content (AvgIpc) is 2.88. The van der Waals surface area contributed by atoms with E-state index in [1.165, 1.54) is 16.1 Å². The van der Waals surface area contributed by atoms with Crippen molar-refractivity contribution in [3.8, 4) is 0 Å². The number of amides is 1. The molecule has 1 aromatic heterocycles. The molecular formula is C22H30N2OS. The average molecular weight is 371 g/mol. The third-order valence-electron chi connectivity index (χ3n) is 4.83. The van der Waals surface area contributed by atoms with Gasteiger partial charge < -0.3 is 10.2 Å². The molecule has 140 valence electrons. The van der Waals surface area contributed by atoms with Crippen LogP contribution in [0.3, 0.4) is 0 Å². The maximum absolute atomic E-state index is 12.3. The maximum Gasteiger partial charge on any atom is 0.224 e. The summed E-state index contributed by atoms with van der Waals surface area (Å²) < 4.78 is 0. The number of hydrogen-bond acceptors (Lipinski definition) is 3. The molecule has 0 atom stereocenters. The van der Waals surface area contributed by atoms with Crippen molar-refractivity contribution in [1.29, 1.82) is 0 Å². The Bertz CT molecular complexity index is 806. The number of hydrogen-bond donors (Lipinski definition) is 1. The first-order chi connectivity index (χ1) is 12.1. The second-order valence-electron chi connectivity index (χ2n) is 8.72. The van der Waals surface area contributed by atoms with Crippen molar-refractivity contribution in [3.05, 3.63) is 44.6 Å². The molecule has 0 unspecified atom stereocenters. The number of fused-ring (bicyclic) bond motifs is 1. The number of thiophene rings is 1. The van der Waals surface area contributed by atoms with Crippen LogP contribution in [0.2, 0.25) is 0 Å². The van der Waals surface area contributed by atoms with Crippen molar-refractivity contribution >= 4 is 28.6 Å². The summed E-state index contributed by atoms with van der Waals surface area (Å²) in [6.45, 7) is 14.7. The zero-order valence-electron chi connectivity index (χ0n) is 16.8. The first-order valence-electron chi connectivity index (χ1n) is 9.36. The Balaban J connectivity index is 1.78. The number of nitrogens with one attached hydrogen (secondary N) is 1. The molecule has 1 N–H and O–H groups in total. The second kappa shape index (κ2) is 7.07. The predicted octanol–water partition coefficient (Wildman–Crippen LogP) is 5.61. The van der Waals surface area contributed by atoms with E-state index >= 15 is 0 Å². The first kappa shape index (κ1) is 19.0. The molecule has 2 heterocycles. The van der Waals surface area contributed by atoms with Gasteiger partial charge in [-0.1, -0.05) is 20.8 Å². The number of benzene rings is 1. The standard InChI is InChI=1S/C22H30N2OS/c1-14-9-18(24-8-7-19-17(13-24)11-16(3)26-19)10-15(2)21(14)23-20(25)12-22(4,5)6/h9-11H,7-8,12-13H2,1-6H3,(H,23,25). The lowest BCUT2D eigenvalue weighted by atomic mass is 9.92. The summed E-state index contributed by atoms with van der Waals surface area (Å²) in [6.07, 6.45) is 1.65. The largest absolute Gasteiger partial charge is 0.367 e. The van der Waals surface area contributed by atoms with Crippen LogP contribution in [0.4, 0.5) is 11.4 Å². The quantitative estimate of drug-likeness (QED) is 0.761. The summed E-state index contributed by atoms with van der Waals surface area (Å²) in [6, 6.07) is 6.75. The molecular weight excluding hydrogens is 340 g/mol. The summed E-state index contributed by atoms with van der Waals surface area (Å²) in [5, 5.41) is 3.13. The van der Waals surface area contributed by atoms with E-state index in [0.717, 1.165) is 36.3 Å². The molecule has 3 nitrogen and oxygen atoms in total. The van der Waals surface area contributed by atoms with Crippen molar-refractivity contribution in [2.24, 2.45) is 5.41 Å². The molecule has 3 rings (SSSR count). The van der Waals surface area contributed by atoms with Gasteiger partial charge in [0.2, 0.25) is 5.91 Å². The van der Waals surface area contributed by atoms with Crippen LogP contribution in [0.1, 0.15) is 53.6 Å². The van der Waals surface area contributed by atoms with Crippen LogP contribution in [0.5, 0.6) is 0 Å². The van der Waals surface area contributed by atoms with Crippen LogP contribution < -0.4 is 10.2 Å². The van der Waals surface area contributed by atoms with Crippen LogP contribution in [0.25, 0.3) is 0 Å². The molecule has 0 saturated carbocycles. The van der Waals surface area contributed by atoms with Crippen LogP contribution in [0.15, 0.2) is 18.2 Å². The minimum absolute atomic E-state index is 0.00396. The van der Waals surface area contributed by atoms with Crippen LogP contribution in [-0.2, 0) is 17.8 Å². The Kier molecular flexibility index (Phi) is 5.16. The first-order valence-corrected chi connectivity index (χ1v) is 10.2. The molecule has 4 heteroatoms. The van der Waals surface area contributed by atoms with Crippen molar-refractivity contribution in [2.75, 3.05) is 16.8 Å². The Labute approximate surface area is 161 Å². The van der Waals surface area contributed by atoms with E-state index in [1.807, 2.05) is 11.3 Å². The van der Waals surface area contributed by atoms with Gasteiger partial charge in [0.15, 0.2) is 0 Å². The minimum Gasteiger partial charge on any atom is -0.367 e. The van der Waals surface area contributed by atoms with E-state index in [1.54, 1.807) is 4.88 Å². The Morgan fingerprint density at radius 2 is 1.81 bits per heavy atom. The van der Waals surface area contributed by atoms with Gasteiger partial charge in [0, 0.05) is 40.6 Å². The third kappa shape index (κ3) is 4.29. The summed E-state index contributed by atoms with van der Waals surface area (Å²) in [7, 11) is 0. The van der Waals surface area contributed by atoms with Gasteiger partial charge in [-0.05, 0) is 67.5 Å². The summed E-state index contributed by atoms with van der Waals surface area (Å²) in [5.74, 6) is 0.0906. The maximum atomic E-state index is 12.3. The highest BCUT2D eigenvalue weighted by atomic mass is 32.1. The molecule has 0 bridgehead atoms. The molecule has 0 aliphatic carbocycles. The summed E-state index contributed by atoms with van der Waals surface area (Å²) in [4.78, 5) is 17.7. The van der Waals surface area contributed by atoms with Crippen LogP contribution in [0, 0.1) is 26.2 Å². The number of rotatable bonds is 3. The smallest absolute Gasteiger partial charge is 0.224 e. The highest BCUT2D eigenvalue weighted by Gasteiger charge is 2.21. The highest BCUT2D eigenvalue weighted by molar-refractivity contribution is 7.12. The van der Waals surface area contributed by atoms with Gasteiger partial charge in [0.25, 0.3) is 0 Å². The predicted molar refractivity (Wildman–Crippen MR) is 112 cm³/mol. The van der Waals surface area contributed by atoms with Gasteiger partial charge in [-0.2, -0.15) is 0 Å². The highest BCUT2D eigenvalue weighted by Crippen LogP contribution is 2.33. The molecule has 1 amide bonds. The second-order valence-corrected chi connectivity index (χ2v) is 10.1. The SMILES string of the molecule is Cc1cc2c(s1)CCN(c1cc(C)c(NC(=O)CC(C)(C)C)c(C)c1)C2. The monoisotopic (exact) mass is 370 g/mol. The van der Waals surface area contributed by atoms with E-state index in [-0.39, 0.29) is 11.3 Å². The van der Waals surface area contributed by atoms with E-state index in [9.17, 15) is 4.79 Å². The minimum atomic E-state index is -0.00396. The van der Waals surface area contributed by atoms with E-state index in [4.69, 9.17) is 0 Å². The lowest BCUT2D eigenvalue weighted by Crippen LogP contribution is -2.29. The number of carbonyl (C=O) groups excluding carboxylic acids is 1. The molecule has 0 radical (unpaired) electrons. The number of aryl methyl sites for hydroxylation is 3. The number of nitrogens with zero attached hydrogens (tertiary/aromatic N) is 1. The van der Waals surface area contributed by atoms with Crippen molar-refractivity contribution in [3.63, 3.8) is 0 Å². The molecule has 26 heavy (non-hydrogen) atoms. The summed E-state index contributed by atoms with van der Waals surface area (Å²) in [5.41, 5.74) is 5.95. The molecule has 1 aliphatic rings. The van der Waals surface area contributed by atoms with E-state index < -0.39 is 0 Å². The van der Waals surface area contributed by atoms with Gasteiger partial charge >= 0.3 is 0 Å². The third-order valence-corrected chi connectivity index (χ3v) is 5.98. The lowest BCUT2D eigenvalue weighted by molar-refractivity contribution is -0.117. The Morgan fingerprint density at radius 1 is 1.15 bits per heavy atom. The Morgan fingerprint density at radius 3 is 2.42 bits per heavy atom. The fourth-order valence-corrected chi connectivity index (χ4v) is 4.73. The van der Waals surface area contributed by atoms with Crippen molar-refractivity contribution < 1.29 is 4.79 Å². The lowest BCUT2D eigenvalue weighted by Gasteiger charge is -2.30. The van der Waals surface area contributed by atoms with Gasteiger partial charge in [-0.15, -0.1) is 11.3 Å². The molecule has 0 saturated heterocycles. The van der Waals surface area contributed by atoms with E-state index in [2.05, 4.69) is 70.0 Å². The molecule has 0 fully saturated rings.